The Kier molecular flexibility index (Phi) is 4.83. The fourth-order valence-corrected chi connectivity index (χ4v) is 4.78. The zero-order valence-corrected chi connectivity index (χ0v) is 17.1. The number of rotatable bonds is 5. The van der Waals surface area contributed by atoms with E-state index in [2.05, 4.69) is 31.2 Å². The highest BCUT2D eigenvalue weighted by Gasteiger charge is 2.55. The number of piperidine rings is 1. The van der Waals surface area contributed by atoms with E-state index >= 15 is 0 Å². The van der Waals surface area contributed by atoms with Crippen molar-refractivity contribution >= 4 is 22.8 Å². The van der Waals surface area contributed by atoms with Crippen LogP contribution in [0.2, 0.25) is 0 Å². The average molecular weight is 416 g/mol. The van der Waals surface area contributed by atoms with Crippen LogP contribution in [0, 0.1) is 22.7 Å². The minimum atomic E-state index is -0.838. The molecule has 31 heavy (non-hydrogen) atoms. The van der Waals surface area contributed by atoms with Crippen molar-refractivity contribution in [3.8, 4) is 6.07 Å². The number of amides is 1. The third-order valence-corrected chi connectivity index (χ3v) is 6.64. The van der Waals surface area contributed by atoms with Crippen LogP contribution in [0.5, 0.6) is 0 Å². The van der Waals surface area contributed by atoms with Crippen molar-refractivity contribution in [3.63, 3.8) is 0 Å². The number of carbonyl (C=O) groups is 1. The Balaban J connectivity index is 1.24. The summed E-state index contributed by atoms with van der Waals surface area (Å²) in [6.07, 6.45) is 5.41. The summed E-state index contributed by atoms with van der Waals surface area (Å²) in [6.45, 7) is 1.69. The summed E-state index contributed by atoms with van der Waals surface area (Å²) in [6, 6.07) is 10.9. The van der Waals surface area contributed by atoms with Gasteiger partial charge >= 0.3 is 0 Å². The van der Waals surface area contributed by atoms with Crippen LogP contribution >= 0.6 is 0 Å². The number of benzene rings is 1. The third kappa shape index (κ3) is 3.62. The number of carbonyl (C=O) groups excluding carboxylic acids is 1. The summed E-state index contributed by atoms with van der Waals surface area (Å²) >= 11 is 0. The standard InChI is InChI=1S/C23H24N6O2/c24-11-15-2-1-3-16(10-15)19(30)12-26-22(31)18-5-9-29(13-23(18)6-7-23)21-17-4-8-25-20(17)27-14-28-21/h1-4,8,10,14,18-19,30H,5-7,9,12-13H2,(H,26,31)(H,25,27,28)/t18?,19-/m1/s1. The van der Waals surface area contributed by atoms with E-state index in [0.717, 1.165) is 49.2 Å². The highest BCUT2D eigenvalue weighted by Crippen LogP contribution is 2.56. The maximum Gasteiger partial charge on any atom is 0.223 e. The summed E-state index contributed by atoms with van der Waals surface area (Å²) in [5.41, 5.74) is 1.92. The molecule has 1 aliphatic carbocycles. The van der Waals surface area contributed by atoms with Gasteiger partial charge in [0.05, 0.1) is 23.1 Å². The molecule has 1 saturated carbocycles. The van der Waals surface area contributed by atoms with Gasteiger partial charge in [0.1, 0.15) is 17.8 Å². The Labute approximate surface area is 179 Å². The topological polar surface area (TPSA) is 118 Å². The molecule has 2 aliphatic rings. The van der Waals surface area contributed by atoms with E-state index in [0.29, 0.717) is 11.1 Å². The molecule has 0 bridgehead atoms. The zero-order chi connectivity index (χ0) is 21.4. The number of nitrogens with zero attached hydrogens (tertiary/aromatic N) is 4. The number of aromatic nitrogens is 3. The molecule has 1 aliphatic heterocycles. The number of hydrogen-bond acceptors (Lipinski definition) is 6. The van der Waals surface area contributed by atoms with Crippen molar-refractivity contribution in [2.45, 2.75) is 25.4 Å². The molecule has 1 saturated heterocycles. The van der Waals surface area contributed by atoms with E-state index in [4.69, 9.17) is 5.26 Å². The maximum atomic E-state index is 13.0. The second-order valence-corrected chi connectivity index (χ2v) is 8.56. The number of nitriles is 1. The number of H-pyrrole nitrogens is 1. The fraction of sp³-hybridized carbons (Fsp3) is 0.391. The lowest BCUT2D eigenvalue weighted by Gasteiger charge is -2.39. The van der Waals surface area contributed by atoms with Crippen molar-refractivity contribution in [3.05, 3.63) is 54.0 Å². The lowest BCUT2D eigenvalue weighted by molar-refractivity contribution is -0.128. The van der Waals surface area contributed by atoms with Gasteiger partial charge in [-0.25, -0.2) is 9.97 Å². The van der Waals surface area contributed by atoms with Crippen LogP contribution in [0.3, 0.4) is 0 Å². The van der Waals surface area contributed by atoms with E-state index in [1.165, 1.54) is 0 Å². The van der Waals surface area contributed by atoms with E-state index in [1.807, 2.05) is 12.3 Å². The number of aliphatic hydroxyl groups excluding tert-OH is 1. The summed E-state index contributed by atoms with van der Waals surface area (Å²) < 4.78 is 0. The highest BCUT2D eigenvalue weighted by atomic mass is 16.3. The minimum absolute atomic E-state index is 0.00196. The van der Waals surface area contributed by atoms with Crippen LogP contribution in [0.4, 0.5) is 5.82 Å². The Bertz CT molecular complexity index is 1160. The van der Waals surface area contributed by atoms with Crippen molar-refractivity contribution in [2.75, 3.05) is 24.5 Å². The van der Waals surface area contributed by atoms with Crippen LogP contribution in [0.15, 0.2) is 42.9 Å². The SMILES string of the molecule is N#Cc1cccc([C@H](O)CNC(=O)C2CCN(c3ncnc4[nH]ccc34)CC23CC3)c1. The molecule has 3 heterocycles. The first-order valence-electron chi connectivity index (χ1n) is 10.6. The minimum Gasteiger partial charge on any atom is -0.387 e. The molecule has 8 heteroatoms. The molecule has 0 radical (unpaired) electrons. The number of fused-ring (bicyclic) bond motifs is 1. The molecule has 2 fully saturated rings. The molecular weight excluding hydrogens is 392 g/mol. The summed E-state index contributed by atoms with van der Waals surface area (Å²) in [5, 5.41) is 23.4. The summed E-state index contributed by atoms with van der Waals surface area (Å²) in [4.78, 5) is 27.2. The van der Waals surface area contributed by atoms with Gasteiger partial charge in [0.25, 0.3) is 0 Å². The van der Waals surface area contributed by atoms with Gasteiger partial charge in [-0.15, -0.1) is 0 Å². The maximum absolute atomic E-state index is 13.0. The van der Waals surface area contributed by atoms with E-state index < -0.39 is 6.10 Å². The molecule has 8 nitrogen and oxygen atoms in total. The van der Waals surface area contributed by atoms with Gasteiger partial charge in [0, 0.05) is 31.7 Å². The normalized spacial score (nSPS) is 20.4. The monoisotopic (exact) mass is 416 g/mol. The molecule has 3 aromatic rings. The van der Waals surface area contributed by atoms with Crippen LogP contribution in [-0.4, -0.2) is 45.6 Å². The predicted molar refractivity (Wildman–Crippen MR) is 115 cm³/mol. The molecule has 158 valence electrons. The zero-order valence-electron chi connectivity index (χ0n) is 17.1. The largest absolute Gasteiger partial charge is 0.387 e. The smallest absolute Gasteiger partial charge is 0.223 e. The van der Waals surface area contributed by atoms with Gasteiger partial charge in [-0.1, -0.05) is 12.1 Å². The Hall–Kier alpha value is -3.44. The summed E-state index contributed by atoms with van der Waals surface area (Å²) in [5.74, 6) is 0.858. The number of aliphatic hydroxyl groups is 1. The van der Waals surface area contributed by atoms with Gasteiger partial charge < -0.3 is 20.3 Å². The van der Waals surface area contributed by atoms with Gasteiger partial charge in [-0.05, 0) is 48.4 Å². The van der Waals surface area contributed by atoms with Crippen molar-refractivity contribution in [2.24, 2.45) is 11.3 Å². The number of nitrogens with one attached hydrogen (secondary N) is 2. The molecule has 1 aromatic carbocycles. The second kappa shape index (κ2) is 7.67. The molecular formula is C23H24N6O2. The first-order chi connectivity index (χ1) is 15.1. The third-order valence-electron chi connectivity index (χ3n) is 6.64. The fourth-order valence-electron chi connectivity index (χ4n) is 4.78. The quantitative estimate of drug-likeness (QED) is 0.587. The number of aromatic amines is 1. The van der Waals surface area contributed by atoms with Crippen LogP contribution in [-0.2, 0) is 4.79 Å². The van der Waals surface area contributed by atoms with Crippen molar-refractivity contribution in [1.82, 2.24) is 20.3 Å². The Morgan fingerprint density at radius 2 is 2.26 bits per heavy atom. The number of hydrogen-bond donors (Lipinski definition) is 3. The predicted octanol–water partition coefficient (Wildman–Crippen LogP) is 2.29. The first kappa shape index (κ1) is 19.5. The lowest BCUT2D eigenvalue weighted by atomic mass is 9.81. The molecule has 1 amide bonds. The molecule has 1 unspecified atom stereocenters. The van der Waals surface area contributed by atoms with Crippen LogP contribution < -0.4 is 10.2 Å². The van der Waals surface area contributed by atoms with Crippen molar-refractivity contribution in [1.29, 1.82) is 5.26 Å². The van der Waals surface area contributed by atoms with E-state index in [9.17, 15) is 9.90 Å². The highest BCUT2D eigenvalue weighted by molar-refractivity contribution is 5.87. The van der Waals surface area contributed by atoms with Gasteiger partial charge in [0.2, 0.25) is 5.91 Å². The second-order valence-electron chi connectivity index (χ2n) is 8.56. The molecule has 2 aromatic heterocycles. The molecule has 2 atom stereocenters. The first-order valence-corrected chi connectivity index (χ1v) is 10.6. The van der Waals surface area contributed by atoms with E-state index in [1.54, 1.807) is 30.6 Å². The van der Waals surface area contributed by atoms with Gasteiger partial charge in [0.15, 0.2) is 0 Å². The van der Waals surface area contributed by atoms with Gasteiger partial charge in [-0.2, -0.15) is 5.26 Å². The van der Waals surface area contributed by atoms with Crippen LogP contribution in [0.1, 0.15) is 36.5 Å². The number of anilines is 1. The summed E-state index contributed by atoms with van der Waals surface area (Å²) in [7, 11) is 0. The van der Waals surface area contributed by atoms with Crippen molar-refractivity contribution < 1.29 is 9.90 Å². The lowest BCUT2D eigenvalue weighted by Crippen LogP contribution is -2.48. The Morgan fingerprint density at radius 3 is 3.06 bits per heavy atom. The van der Waals surface area contributed by atoms with Crippen LogP contribution in [0.25, 0.3) is 11.0 Å². The van der Waals surface area contributed by atoms with Gasteiger partial charge in [-0.3, -0.25) is 4.79 Å². The average Bonchev–Trinajstić information content (AvgIpc) is 3.38. The molecule has 5 rings (SSSR count). The molecule has 3 N–H and O–H groups in total. The molecule has 1 spiro atoms. The Morgan fingerprint density at radius 1 is 1.39 bits per heavy atom. The van der Waals surface area contributed by atoms with E-state index in [-0.39, 0.29) is 23.8 Å².